The highest BCUT2D eigenvalue weighted by Crippen LogP contribution is 2.35. The summed E-state index contributed by atoms with van der Waals surface area (Å²) < 4.78 is 42.7. The third-order valence-corrected chi connectivity index (χ3v) is 2.92. The minimum Gasteiger partial charge on any atom is -0.475 e. The summed E-state index contributed by atoms with van der Waals surface area (Å²) in [7, 11) is 0. The van der Waals surface area contributed by atoms with Gasteiger partial charge in [0, 0.05) is 10.6 Å². The average Bonchev–Trinajstić information content (AvgIpc) is 2.77. The highest BCUT2D eigenvalue weighted by molar-refractivity contribution is 6.31. The van der Waals surface area contributed by atoms with Crippen molar-refractivity contribution in [2.24, 2.45) is 0 Å². The van der Waals surface area contributed by atoms with Crippen LogP contribution in [0.5, 0.6) is 0 Å². The molecule has 0 radical (unpaired) electrons. The first-order valence-electron chi connectivity index (χ1n) is 5.28. The maximum atomic E-state index is 12.7. The molecular formula is C12H7ClF3NO3. The number of halogens is 4. The highest BCUT2D eigenvalue weighted by Gasteiger charge is 2.41. The average molecular weight is 306 g/mol. The van der Waals surface area contributed by atoms with Gasteiger partial charge in [0.1, 0.15) is 0 Å². The standard InChI is InChI=1S/C12H7ClF3NO3/c1-5-2-3-6(4-7(5)13)10-17-9(12(14,15)16)8(20-10)11(18)19/h2-4H,1H3,(H,18,19). The number of rotatable bonds is 2. The van der Waals surface area contributed by atoms with E-state index in [2.05, 4.69) is 4.98 Å². The van der Waals surface area contributed by atoms with Crippen LogP contribution in [0.3, 0.4) is 0 Å². The predicted molar refractivity (Wildman–Crippen MR) is 63.6 cm³/mol. The molecule has 0 saturated carbocycles. The summed E-state index contributed by atoms with van der Waals surface area (Å²) in [6.07, 6.45) is -4.91. The molecule has 2 rings (SSSR count). The van der Waals surface area contributed by atoms with E-state index in [0.717, 1.165) is 5.56 Å². The van der Waals surface area contributed by atoms with Crippen molar-refractivity contribution in [3.63, 3.8) is 0 Å². The molecule has 0 fully saturated rings. The molecule has 0 aliphatic carbocycles. The molecule has 4 nitrogen and oxygen atoms in total. The molecule has 8 heteroatoms. The second-order valence-corrected chi connectivity index (χ2v) is 4.37. The van der Waals surface area contributed by atoms with Crippen molar-refractivity contribution in [1.82, 2.24) is 4.98 Å². The lowest BCUT2D eigenvalue weighted by Crippen LogP contribution is -2.11. The summed E-state index contributed by atoms with van der Waals surface area (Å²) in [5.74, 6) is -3.53. The molecule has 0 amide bonds. The second kappa shape index (κ2) is 4.82. The van der Waals surface area contributed by atoms with Crippen LogP contribution in [0, 0.1) is 6.92 Å². The van der Waals surface area contributed by atoms with Crippen molar-refractivity contribution >= 4 is 17.6 Å². The summed E-state index contributed by atoms with van der Waals surface area (Å²) >= 11 is 5.85. The third-order valence-electron chi connectivity index (χ3n) is 2.51. The minimum atomic E-state index is -4.91. The number of nitrogens with zero attached hydrogens (tertiary/aromatic N) is 1. The summed E-state index contributed by atoms with van der Waals surface area (Å²) in [4.78, 5) is 14.0. The second-order valence-electron chi connectivity index (χ2n) is 3.96. The molecule has 1 aromatic carbocycles. The quantitative estimate of drug-likeness (QED) is 0.910. The van der Waals surface area contributed by atoms with Crippen LogP contribution in [0.25, 0.3) is 11.5 Å². The van der Waals surface area contributed by atoms with Gasteiger partial charge in [-0.05, 0) is 24.6 Å². The number of oxazole rings is 1. The molecule has 20 heavy (non-hydrogen) atoms. The van der Waals surface area contributed by atoms with Crippen LogP contribution < -0.4 is 0 Å². The van der Waals surface area contributed by atoms with E-state index in [4.69, 9.17) is 21.1 Å². The molecule has 0 saturated heterocycles. The van der Waals surface area contributed by atoms with Gasteiger partial charge in [-0.25, -0.2) is 9.78 Å². The van der Waals surface area contributed by atoms with E-state index in [1.807, 2.05) is 0 Å². The van der Waals surface area contributed by atoms with E-state index in [-0.39, 0.29) is 5.56 Å². The monoisotopic (exact) mass is 305 g/mol. The Balaban J connectivity index is 2.58. The third kappa shape index (κ3) is 2.62. The Bertz CT molecular complexity index is 679. The Labute approximate surface area is 115 Å². The topological polar surface area (TPSA) is 63.3 Å². The van der Waals surface area contributed by atoms with Gasteiger partial charge in [0.25, 0.3) is 0 Å². The first-order valence-corrected chi connectivity index (χ1v) is 5.66. The SMILES string of the molecule is Cc1ccc(-c2nc(C(F)(F)F)c(C(=O)O)o2)cc1Cl. The number of aromatic carboxylic acids is 1. The summed E-state index contributed by atoms with van der Waals surface area (Å²) in [5.41, 5.74) is -0.688. The molecule has 0 spiro atoms. The lowest BCUT2D eigenvalue weighted by molar-refractivity contribution is -0.141. The molecule has 2 aromatic rings. The summed E-state index contributed by atoms with van der Waals surface area (Å²) in [5, 5.41) is 9.04. The zero-order chi connectivity index (χ0) is 15.1. The van der Waals surface area contributed by atoms with Crippen LogP contribution in [0.2, 0.25) is 5.02 Å². The Morgan fingerprint density at radius 1 is 1.40 bits per heavy atom. The number of hydrogen-bond donors (Lipinski definition) is 1. The maximum Gasteiger partial charge on any atom is 0.437 e. The molecule has 0 unspecified atom stereocenters. The first-order chi connectivity index (χ1) is 9.20. The number of hydrogen-bond acceptors (Lipinski definition) is 3. The van der Waals surface area contributed by atoms with Crippen LogP contribution in [-0.4, -0.2) is 16.1 Å². The Morgan fingerprint density at radius 2 is 2.05 bits per heavy atom. The predicted octanol–water partition coefficient (Wildman–Crippen LogP) is 4.02. The molecule has 1 aromatic heterocycles. The summed E-state index contributed by atoms with van der Waals surface area (Å²) in [6, 6.07) is 4.36. The van der Waals surface area contributed by atoms with E-state index in [1.54, 1.807) is 13.0 Å². The number of alkyl halides is 3. The zero-order valence-corrected chi connectivity index (χ0v) is 10.7. The van der Waals surface area contributed by atoms with Crippen LogP contribution in [0.15, 0.2) is 22.6 Å². The smallest absolute Gasteiger partial charge is 0.437 e. The number of aromatic nitrogens is 1. The largest absolute Gasteiger partial charge is 0.475 e. The minimum absolute atomic E-state index is 0.165. The van der Waals surface area contributed by atoms with E-state index in [1.165, 1.54) is 12.1 Å². The van der Waals surface area contributed by atoms with Gasteiger partial charge in [0.05, 0.1) is 0 Å². The number of aryl methyl sites for hydroxylation is 1. The van der Waals surface area contributed by atoms with Crippen LogP contribution in [0.1, 0.15) is 21.8 Å². The van der Waals surface area contributed by atoms with Crippen molar-refractivity contribution in [1.29, 1.82) is 0 Å². The van der Waals surface area contributed by atoms with Crippen LogP contribution in [-0.2, 0) is 6.18 Å². The molecule has 0 atom stereocenters. The molecular weight excluding hydrogens is 299 g/mol. The van der Waals surface area contributed by atoms with Crippen molar-refractivity contribution < 1.29 is 27.5 Å². The lowest BCUT2D eigenvalue weighted by atomic mass is 10.1. The lowest BCUT2D eigenvalue weighted by Gasteiger charge is -2.01. The molecule has 0 bridgehead atoms. The van der Waals surface area contributed by atoms with Gasteiger partial charge in [-0.3, -0.25) is 0 Å². The number of carboxylic acids is 1. The van der Waals surface area contributed by atoms with Gasteiger partial charge in [0.15, 0.2) is 5.69 Å². The van der Waals surface area contributed by atoms with E-state index in [9.17, 15) is 18.0 Å². The zero-order valence-electron chi connectivity index (χ0n) is 9.95. The first kappa shape index (κ1) is 14.4. The van der Waals surface area contributed by atoms with Crippen molar-refractivity contribution in [2.75, 3.05) is 0 Å². The Morgan fingerprint density at radius 3 is 2.50 bits per heavy atom. The van der Waals surface area contributed by atoms with Gasteiger partial charge in [-0.2, -0.15) is 13.2 Å². The molecule has 106 valence electrons. The Kier molecular flexibility index (Phi) is 3.47. The molecule has 1 heterocycles. The molecule has 1 N–H and O–H groups in total. The van der Waals surface area contributed by atoms with E-state index >= 15 is 0 Å². The van der Waals surface area contributed by atoms with Crippen LogP contribution in [0.4, 0.5) is 13.2 Å². The normalized spacial score (nSPS) is 11.7. The fourth-order valence-corrected chi connectivity index (χ4v) is 1.69. The van der Waals surface area contributed by atoms with Gasteiger partial charge in [-0.1, -0.05) is 17.7 Å². The Hall–Kier alpha value is -2.02. The van der Waals surface area contributed by atoms with Crippen molar-refractivity contribution in [2.45, 2.75) is 13.1 Å². The summed E-state index contributed by atoms with van der Waals surface area (Å²) in [6.45, 7) is 1.71. The number of carboxylic acid groups (broad SMARTS) is 1. The van der Waals surface area contributed by atoms with Gasteiger partial charge >= 0.3 is 12.1 Å². The van der Waals surface area contributed by atoms with Crippen LogP contribution >= 0.6 is 11.6 Å². The van der Waals surface area contributed by atoms with Crippen molar-refractivity contribution in [3.8, 4) is 11.5 Å². The number of benzene rings is 1. The molecule has 0 aliphatic rings. The maximum absolute atomic E-state index is 12.7. The fraction of sp³-hybridized carbons (Fsp3) is 0.167. The van der Waals surface area contributed by atoms with Crippen molar-refractivity contribution in [3.05, 3.63) is 40.2 Å². The van der Waals surface area contributed by atoms with Gasteiger partial charge in [0.2, 0.25) is 11.7 Å². The highest BCUT2D eigenvalue weighted by atomic mass is 35.5. The fourth-order valence-electron chi connectivity index (χ4n) is 1.51. The number of carbonyl (C=O) groups is 1. The molecule has 0 aliphatic heterocycles. The van der Waals surface area contributed by atoms with E-state index in [0.29, 0.717) is 5.02 Å². The van der Waals surface area contributed by atoms with E-state index < -0.39 is 29.5 Å². The van der Waals surface area contributed by atoms with Gasteiger partial charge in [-0.15, -0.1) is 0 Å². The van der Waals surface area contributed by atoms with Gasteiger partial charge < -0.3 is 9.52 Å².